The summed E-state index contributed by atoms with van der Waals surface area (Å²) in [5.41, 5.74) is 1.04. The van der Waals surface area contributed by atoms with E-state index in [0.717, 1.165) is 17.3 Å². The van der Waals surface area contributed by atoms with Crippen LogP contribution in [0.25, 0.3) is 6.08 Å². The zero-order valence-corrected chi connectivity index (χ0v) is 17.2. The first kappa shape index (κ1) is 20.8. The zero-order chi connectivity index (χ0) is 21.0. The lowest BCUT2D eigenvalue weighted by Crippen LogP contribution is -2.36. The summed E-state index contributed by atoms with van der Waals surface area (Å²) in [4.78, 5) is 26.5. The molecule has 29 heavy (non-hydrogen) atoms. The van der Waals surface area contributed by atoms with Crippen molar-refractivity contribution in [1.29, 1.82) is 0 Å². The molecular weight excluding hydrogens is 415 g/mol. The van der Waals surface area contributed by atoms with E-state index in [1.54, 1.807) is 30.3 Å². The Morgan fingerprint density at radius 2 is 1.97 bits per heavy atom. The van der Waals surface area contributed by atoms with Crippen molar-refractivity contribution < 1.29 is 23.5 Å². The molecule has 0 bridgehead atoms. The predicted octanol–water partition coefficient (Wildman–Crippen LogP) is 3.68. The van der Waals surface area contributed by atoms with Gasteiger partial charge in [-0.3, -0.25) is 14.5 Å². The average Bonchev–Trinajstić information content (AvgIpc) is 2.95. The minimum atomic E-state index is -0.473. The molecule has 1 fully saturated rings. The molecule has 0 unspecified atom stereocenters. The van der Waals surface area contributed by atoms with Gasteiger partial charge in [0, 0.05) is 5.69 Å². The first-order valence-corrected chi connectivity index (χ1v) is 9.66. The molecule has 0 radical (unpaired) electrons. The van der Waals surface area contributed by atoms with Crippen molar-refractivity contribution in [2.24, 2.45) is 0 Å². The van der Waals surface area contributed by atoms with Gasteiger partial charge in [-0.05, 0) is 42.0 Å². The fraction of sp³-hybridized carbons (Fsp3) is 0.150. The molecule has 1 heterocycles. The summed E-state index contributed by atoms with van der Waals surface area (Å²) in [6.07, 6.45) is 1.67. The second kappa shape index (κ2) is 9.06. The van der Waals surface area contributed by atoms with Crippen molar-refractivity contribution in [1.82, 2.24) is 4.90 Å². The van der Waals surface area contributed by atoms with Gasteiger partial charge in [0.15, 0.2) is 11.5 Å². The number of ether oxygens (including phenoxy) is 2. The number of thiocarbonyl (C=S) groups is 1. The second-order valence-corrected chi connectivity index (χ2v) is 7.62. The third-order valence-corrected chi connectivity index (χ3v) is 5.37. The Morgan fingerprint density at radius 3 is 2.66 bits per heavy atom. The van der Waals surface area contributed by atoms with Gasteiger partial charge >= 0.3 is 0 Å². The first-order chi connectivity index (χ1) is 13.9. The summed E-state index contributed by atoms with van der Waals surface area (Å²) in [5.74, 6) is -0.202. The lowest BCUT2D eigenvalue weighted by Gasteiger charge is -2.14. The quantitative estimate of drug-likeness (QED) is 0.555. The number of hydrogen-bond donors (Lipinski definition) is 1. The van der Waals surface area contributed by atoms with E-state index in [4.69, 9.17) is 21.7 Å². The highest BCUT2D eigenvalue weighted by atomic mass is 32.2. The molecule has 1 aliphatic heterocycles. The van der Waals surface area contributed by atoms with E-state index in [2.05, 4.69) is 5.32 Å². The van der Waals surface area contributed by atoms with Crippen molar-refractivity contribution in [3.8, 4) is 11.5 Å². The molecule has 150 valence electrons. The van der Waals surface area contributed by atoms with Crippen LogP contribution in [0.5, 0.6) is 11.5 Å². The summed E-state index contributed by atoms with van der Waals surface area (Å²) in [6.45, 7) is -0.259. The Bertz CT molecular complexity index is 1010. The van der Waals surface area contributed by atoms with Crippen LogP contribution in [-0.4, -0.2) is 41.8 Å². The first-order valence-electron chi connectivity index (χ1n) is 8.44. The second-order valence-electron chi connectivity index (χ2n) is 5.94. The van der Waals surface area contributed by atoms with E-state index in [1.807, 2.05) is 0 Å². The topological polar surface area (TPSA) is 67.9 Å². The van der Waals surface area contributed by atoms with E-state index < -0.39 is 11.7 Å². The lowest BCUT2D eigenvalue weighted by molar-refractivity contribution is -0.126. The molecule has 3 rings (SSSR count). The molecule has 1 saturated heterocycles. The van der Waals surface area contributed by atoms with Gasteiger partial charge in [0.2, 0.25) is 5.91 Å². The largest absolute Gasteiger partial charge is 0.493 e. The van der Waals surface area contributed by atoms with Crippen LogP contribution in [0.15, 0.2) is 47.4 Å². The SMILES string of the molecule is COc1ccc(/C=C2/SC(=S)N(CC(=O)Nc3cccc(F)c3)C2=O)cc1OC. The van der Waals surface area contributed by atoms with Gasteiger partial charge in [-0.2, -0.15) is 0 Å². The van der Waals surface area contributed by atoms with Crippen molar-refractivity contribution in [2.45, 2.75) is 0 Å². The van der Waals surface area contributed by atoms with Crippen LogP contribution in [0.3, 0.4) is 0 Å². The smallest absolute Gasteiger partial charge is 0.266 e. The summed E-state index contributed by atoms with van der Waals surface area (Å²) < 4.78 is 24.0. The van der Waals surface area contributed by atoms with Crippen molar-refractivity contribution in [3.63, 3.8) is 0 Å². The van der Waals surface area contributed by atoms with Gasteiger partial charge < -0.3 is 14.8 Å². The minimum Gasteiger partial charge on any atom is -0.493 e. The number of methoxy groups -OCH3 is 2. The summed E-state index contributed by atoms with van der Waals surface area (Å²) in [6, 6.07) is 10.8. The maximum absolute atomic E-state index is 13.2. The van der Waals surface area contributed by atoms with Gasteiger partial charge in [-0.15, -0.1) is 0 Å². The molecular formula is C20H17FN2O4S2. The van der Waals surface area contributed by atoms with Gasteiger partial charge in [-0.25, -0.2) is 4.39 Å². The van der Waals surface area contributed by atoms with Crippen molar-refractivity contribution >= 4 is 51.9 Å². The maximum atomic E-state index is 13.2. The van der Waals surface area contributed by atoms with Gasteiger partial charge in [0.05, 0.1) is 19.1 Å². The molecule has 0 atom stereocenters. The van der Waals surface area contributed by atoms with Crippen LogP contribution < -0.4 is 14.8 Å². The number of benzene rings is 2. The highest BCUT2D eigenvalue weighted by molar-refractivity contribution is 8.26. The lowest BCUT2D eigenvalue weighted by atomic mass is 10.2. The summed E-state index contributed by atoms with van der Waals surface area (Å²) in [7, 11) is 3.07. The summed E-state index contributed by atoms with van der Waals surface area (Å²) >= 11 is 6.35. The van der Waals surface area contributed by atoms with Crippen molar-refractivity contribution in [3.05, 3.63) is 58.8 Å². The normalized spacial score (nSPS) is 15.0. The third kappa shape index (κ3) is 4.93. The molecule has 0 spiro atoms. The molecule has 6 nitrogen and oxygen atoms in total. The Hall–Kier alpha value is -2.91. The number of thioether (sulfide) groups is 1. The van der Waals surface area contributed by atoms with E-state index in [9.17, 15) is 14.0 Å². The van der Waals surface area contributed by atoms with Gasteiger partial charge in [0.25, 0.3) is 5.91 Å². The summed E-state index contributed by atoms with van der Waals surface area (Å²) in [5, 5.41) is 2.55. The van der Waals surface area contributed by atoms with Crippen molar-refractivity contribution in [2.75, 3.05) is 26.1 Å². The van der Waals surface area contributed by atoms with E-state index in [0.29, 0.717) is 22.1 Å². The fourth-order valence-corrected chi connectivity index (χ4v) is 3.90. The molecule has 2 aromatic rings. The Labute approximate surface area is 176 Å². The Balaban J connectivity index is 1.72. The zero-order valence-electron chi connectivity index (χ0n) is 15.6. The fourth-order valence-electron chi connectivity index (χ4n) is 2.64. The third-order valence-electron chi connectivity index (χ3n) is 3.99. The molecule has 1 aliphatic rings. The van der Waals surface area contributed by atoms with Crippen LogP contribution in [0.2, 0.25) is 0 Å². The minimum absolute atomic E-state index is 0.259. The maximum Gasteiger partial charge on any atom is 0.266 e. The number of halogens is 1. The number of nitrogens with one attached hydrogen (secondary N) is 1. The molecule has 2 amide bonds. The van der Waals surface area contributed by atoms with E-state index in [1.165, 1.54) is 37.3 Å². The van der Waals surface area contributed by atoms with Crippen LogP contribution in [-0.2, 0) is 9.59 Å². The van der Waals surface area contributed by atoms with Gasteiger partial charge in [0.1, 0.15) is 16.7 Å². The number of anilines is 1. The number of amides is 2. The number of rotatable bonds is 6. The monoisotopic (exact) mass is 432 g/mol. The number of carbonyl (C=O) groups excluding carboxylic acids is 2. The molecule has 0 aliphatic carbocycles. The van der Waals surface area contributed by atoms with E-state index >= 15 is 0 Å². The number of carbonyl (C=O) groups is 2. The van der Waals surface area contributed by atoms with Crippen LogP contribution in [0.1, 0.15) is 5.56 Å². The average molecular weight is 432 g/mol. The molecule has 1 N–H and O–H groups in total. The van der Waals surface area contributed by atoms with Crippen LogP contribution in [0.4, 0.5) is 10.1 Å². The van der Waals surface area contributed by atoms with Crippen LogP contribution >= 0.6 is 24.0 Å². The van der Waals surface area contributed by atoms with E-state index in [-0.39, 0.29) is 16.8 Å². The molecule has 2 aromatic carbocycles. The highest BCUT2D eigenvalue weighted by Crippen LogP contribution is 2.34. The number of hydrogen-bond acceptors (Lipinski definition) is 6. The molecule has 0 saturated carbocycles. The predicted molar refractivity (Wildman–Crippen MR) is 114 cm³/mol. The molecule has 0 aromatic heterocycles. The van der Waals surface area contributed by atoms with Gasteiger partial charge in [-0.1, -0.05) is 36.1 Å². The number of nitrogens with zero attached hydrogens (tertiary/aromatic N) is 1. The highest BCUT2D eigenvalue weighted by Gasteiger charge is 2.33. The Kier molecular flexibility index (Phi) is 6.50. The Morgan fingerprint density at radius 1 is 1.21 bits per heavy atom. The van der Waals surface area contributed by atoms with Crippen LogP contribution in [0, 0.1) is 5.82 Å². The molecule has 9 heteroatoms. The standard InChI is InChI=1S/C20H17FN2O4S2/c1-26-15-7-6-12(8-16(15)27-2)9-17-19(25)23(20(28)29-17)11-18(24)22-14-5-3-4-13(21)10-14/h3-10H,11H2,1-2H3,(H,22,24)/b17-9+.